The molecule has 1 heterocycles. The van der Waals surface area contributed by atoms with Gasteiger partial charge in [0.05, 0.1) is 12.1 Å². The van der Waals surface area contributed by atoms with Crippen LogP contribution in [0.25, 0.3) is 6.08 Å². The summed E-state index contributed by atoms with van der Waals surface area (Å²) in [6, 6.07) is 12.4. The van der Waals surface area contributed by atoms with E-state index in [0.717, 1.165) is 5.56 Å². The second-order valence-corrected chi connectivity index (χ2v) is 5.56. The zero-order chi connectivity index (χ0) is 16.4. The van der Waals surface area contributed by atoms with Crippen molar-refractivity contribution in [2.24, 2.45) is 4.99 Å². The van der Waals surface area contributed by atoms with Crippen molar-refractivity contribution in [3.63, 3.8) is 0 Å². The minimum Gasteiger partial charge on any atom is -0.495 e. The lowest BCUT2D eigenvalue weighted by atomic mass is 10.1. The minimum atomic E-state index is -0.540. The summed E-state index contributed by atoms with van der Waals surface area (Å²) in [7, 11) is 1.49. The predicted octanol–water partition coefficient (Wildman–Crippen LogP) is 4.35. The fourth-order valence-corrected chi connectivity index (χ4v) is 2.75. The van der Waals surface area contributed by atoms with Crippen LogP contribution in [0.4, 0.5) is 0 Å². The first-order valence-corrected chi connectivity index (χ1v) is 7.45. The largest absolute Gasteiger partial charge is 0.495 e. The quantitative estimate of drug-likeness (QED) is 0.612. The Morgan fingerprint density at radius 1 is 1.17 bits per heavy atom. The van der Waals surface area contributed by atoms with Crippen LogP contribution in [0.5, 0.6) is 5.75 Å². The van der Waals surface area contributed by atoms with Gasteiger partial charge in [-0.2, -0.15) is 0 Å². The molecule has 0 atom stereocenters. The highest BCUT2D eigenvalue weighted by Gasteiger charge is 2.24. The van der Waals surface area contributed by atoms with Gasteiger partial charge in [-0.25, -0.2) is 9.79 Å². The molecule has 2 aromatic carbocycles. The number of rotatable bonds is 3. The molecule has 1 aliphatic rings. The topological polar surface area (TPSA) is 47.9 Å². The Morgan fingerprint density at radius 2 is 1.91 bits per heavy atom. The summed E-state index contributed by atoms with van der Waals surface area (Å²) >= 11 is 12.1. The number of cyclic esters (lactones) is 1. The third-order valence-corrected chi connectivity index (χ3v) is 3.67. The van der Waals surface area contributed by atoms with Crippen LogP contribution in [-0.2, 0) is 9.53 Å². The van der Waals surface area contributed by atoms with E-state index >= 15 is 0 Å². The summed E-state index contributed by atoms with van der Waals surface area (Å²) in [5.41, 5.74) is 1.43. The van der Waals surface area contributed by atoms with E-state index in [-0.39, 0.29) is 11.6 Å². The molecular weight excluding hydrogens is 337 g/mol. The summed E-state index contributed by atoms with van der Waals surface area (Å²) in [6.45, 7) is 0. The molecule has 0 saturated heterocycles. The lowest BCUT2D eigenvalue weighted by molar-refractivity contribution is -0.129. The molecule has 1 aliphatic heterocycles. The molecule has 0 spiro atoms. The van der Waals surface area contributed by atoms with Crippen LogP contribution in [0.3, 0.4) is 0 Å². The molecule has 6 heteroatoms. The van der Waals surface area contributed by atoms with Crippen molar-refractivity contribution in [2.45, 2.75) is 0 Å². The van der Waals surface area contributed by atoms with Crippen molar-refractivity contribution < 1.29 is 14.3 Å². The normalized spacial score (nSPS) is 15.5. The van der Waals surface area contributed by atoms with Crippen molar-refractivity contribution in [2.75, 3.05) is 7.11 Å². The van der Waals surface area contributed by atoms with Crippen LogP contribution in [0.2, 0.25) is 10.0 Å². The molecular formula is C17H11Cl2NO3. The van der Waals surface area contributed by atoms with Crippen LogP contribution >= 0.6 is 23.2 Å². The Hall–Kier alpha value is -2.30. The fourth-order valence-electron chi connectivity index (χ4n) is 2.16. The van der Waals surface area contributed by atoms with Crippen molar-refractivity contribution in [3.8, 4) is 5.75 Å². The molecule has 3 rings (SSSR count). The zero-order valence-corrected chi connectivity index (χ0v) is 13.6. The van der Waals surface area contributed by atoms with E-state index in [2.05, 4.69) is 4.99 Å². The van der Waals surface area contributed by atoms with E-state index in [9.17, 15) is 4.79 Å². The standard InChI is InChI=1S/C17H11Cl2NO3/c1-22-15-11(7-12(18)9-13(15)19)8-14-17(21)23-16(20-14)10-5-3-2-4-6-10/h2-9H,1H3. The number of benzene rings is 2. The van der Waals surface area contributed by atoms with Crippen molar-refractivity contribution in [3.05, 3.63) is 69.3 Å². The summed E-state index contributed by atoms with van der Waals surface area (Å²) in [4.78, 5) is 16.3. The second-order valence-electron chi connectivity index (χ2n) is 4.71. The smallest absolute Gasteiger partial charge is 0.363 e. The Kier molecular flexibility index (Phi) is 4.37. The molecule has 4 nitrogen and oxygen atoms in total. The lowest BCUT2D eigenvalue weighted by Crippen LogP contribution is -2.05. The number of hydrogen-bond acceptors (Lipinski definition) is 4. The maximum Gasteiger partial charge on any atom is 0.363 e. The summed E-state index contributed by atoms with van der Waals surface area (Å²) in [5.74, 6) is 0.135. The van der Waals surface area contributed by atoms with E-state index in [1.54, 1.807) is 12.1 Å². The highest BCUT2D eigenvalue weighted by Crippen LogP contribution is 2.34. The third kappa shape index (κ3) is 3.23. The van der Waals surface area contributed by atoms with E-state index in [1.165, 1.54) is 13.2 Å². The molecule has 0 radical (unpaired) electrons. The number of carbonyl (C=O) groups is 1. The Balaban J connectivity index is 2.03. The number of methoxy groups -OCH3 is 1. The van der Waals surface area contributed by atoms with Gasteiger partial charge in [-0.15, -0.1) is 0 Å². The number of halogens is 2. The van der Waals surface area contributed by atoms with Gasteiger partial charge in [0.15, 0.2) is 5.70 Å². The number of hydrogen-bond donors (Lipinski definition) is 0. The Bertz CT molecular complexity index is 829. The SMILES string of the molecule is COc1c(Cl)cc(Cl)cc1C=C1N=C(c2ccccc2)OC1=O. The molecule has 2 aromatic rings. The van der Waals surface area contributed by atoms with Crippen molar-refractivity contribution in [1.82, 2.24) is 0 Å². The average Bonchev–Trinajstić information content (AvgIpc) is 2.89. The molecule has 0 aromatic heterocycles. The molecule has 0 fully saturated rings. The fraction of sp³-hybridized carbons (Fsp3) is 0.0588. The third-order valence-electron chi connectivity index (χ3n) is 3.17. The van der Waals surface area contributed by atoms with Gasteiger partial charge in [0, 0.05) is 16.1 Å². The highest BCUT2D eigenvalue weighted by molar-refractivity contribution is 6.36. The van der Waals surface area contributed by atoms with Gasteiger partial charge >= 0.3 is 5.97 Å². The zero-order valence-electron chi connectivity index (χ0n) is 12.0. The second kappa shape index (κ2) is 6.44. The first-order chi connectivity index (χ1) is 11.1. The summed E-state index contributed by atoms with van der Waals surface area (Å²) in [5, 5.41) is 0.784. The first kappa shape index (κ1) is 15.6. The van der Waals surface area contributed by atoms with Gasteiger partial charge in [0.1, 0.15) is 5.75 Å². The number of esters is 1. The highest BCUT2D eigenvalue weighted by atomic mass is 35.5. The van der Waals surface area contributed by atoms with Gasteiger partial charge in [-0.05, 0) is 30.3 Å². The molecule has 0 saturated carbocycles. The van der Waals surface area contributed by atoms with Gasteiger partial charge in [-0.3, -0.25) is 0 Å². The molecule has 0 N–H and O–H groups in total. The lowest BCUT2D eigenvalue weighted by Gasteiger charge is -2.07. The predicted molar refractivity (Wildman–Crippen MR) is 90.1 cm³/mol. The van der Waals surface area contributed by atoms with Crippen LogP contribution in [0.15, 0.2) is 53.2 Å². The molecule has 23 heavy (non-hydrogen) atoms. The van der Waals surface area contributed by atoms with E-state index in [4.69, 9.17) is 32.7 Å². The molecule has 0 unspecified atom stereocenters. The Morgan fingerprint density at radius 3 is 2.61 bits per heavy atom. The van der Waals surface area contributed by atoms with E-state index in [1.807, 2.05) is 30.3 Å². The number of aliphatic imine (C=N–C) groups is 1. The monoisotopic (exact) mass is 347 g/mol. The van der Waals surface area contributed by atoms with Gasteiger partial charge in [0.25, 0.3) is 0 Å². The number of carbonyl (C=O) groups excluding carboxylic acids is 1. The summed E-state index contributed by atoms with van der Waals surface area (Å²) in [6.07, 6.45) is 1.54. The minimum absolute atomic E-state index is 0.153. The van der Waals surface area contributed by atoms with Crippen LogP contribution in [0, 0.1) is 0 Å². The van der Waals surface area contributed by atoms with E-state index in [0.29, 0.717) is 21.4 Å². The summed E-state index contributed by atoms with van der Waals surface area (Å²) < 4.78 is 10.5. The average molecular weight is 348 g/mol. The Labute approximate surface area is 143 Å². The molecule has 116 valence electrons. The van der Waals surface area contributed by atoms with Crippen molar-refractivity contribution in [1.29, 1.82) is 0 Å². The molecule has 0 aliphatic carbocycles. The van der Waals surface area contributed by atoms with Gasteiger partial charge in [-0.1, -0.05) is 41.4 Å². The maximum atomic E-state index is 12.0. The van der Waals surface area contributed by atoms with Crippen LogP contribution < -0.4 is 4.74 Å². The first-order valence-electron chi connectivity index (χ1n) is 6.69. The molecule has 0 amide bonds. The van der Waals surface area contributed by atoms with Crippen LogP contribution in [-0.4, -0.2) is 19.0 Å². The van der Waals surface area contributed by atoms with E-state index < -0.39 is 5.97 Å². The number of ether oxygens (including phenoxy) is 2. The maximum absolute atomic E-state index is 12.0. The van der Waals surface area contributed by atoms with Crippen LogP contribution in [0.1, 0.15) is 11.1 Å². The molecule has 0 bridgehead atoms. The van der Waals surface area contributed by atoms with Crippen molar-refractivity contribution >= 4 is 41.1 Å². The van der Waals surface area contributed by atoms with Gasteiger partial charge in [0.2, 0.25) is 5.90 Å². The number of nitrogens with zero attached hydrogens (tertiary/aromatic N) is 1. The van der Waals surface area contributed by atoms with Gasteiger partial charge < -0.3 is 9.47 Å².